The van der Waals surface area contributed by atoms with Crippen LogP contribution in [0.4, 0.5) is 11.5 Å². The Morgan fingerprint density at radius 3 is 2.96 bits per heavy atom. The van der Waals surface area contributed by atoms with Crippen molar-refractivity contribution in [3.63, 3.8) is 0 Å². The molecule has 1 amide bonds. The van der Waals surface area contributed by atoms with E-state index in [0.29, 0.717) is 11.5 Å². The zero-order valence-electron chi connectivity index (χ0n) is 13.6. The molecule has 3 aromatic rings. The number of carbonyl (C=O) groups is 1. The van der Waals surface area contributed by atoms with Gasteiger partial charge in [0.25, 0.3) is 0 Å². The van der Waals surface area contributed by atoms with Gasteiger partial charge in [0.05, 0.1) is 23.4 Å². The maximum absolute atomic E-state index is 11.5. The summed E-state index contributed by atoms with van der Waals surface area (Å²) in [5, 5.41) is 6.08. The van der Waals surface area contributed by atoms with Gasteiger partial charge in [-0.15, -0.1) is 0 Å². The fourth-order valence-electron chi connectivity index (χ4n) is 2.59. The summed E-state index contributed by atoms with van der Waals surface area (Å²) >= 11 is 0. The highest BCUT2D eigenvalue weighted by molar-refractivity contribution is 6.00. The van der Waals surface area contributed by atoms with Crippen LogP contribution in [0.1, 0.15) is 20.3 Å². The quantitative estimate of drug-likeness (QED) is 0.666. The molecular formula is C19H22N6O. The van der Waals surface area contributed by atoms with Crippen molar-refractivity contribution in [2.45, 2.75) is 20.3 Å². The van der Waals surface area contributed by atoms with E-state index in [1.807, 2.05) is 16.7 Å². The first-order chi connectivity index (χ1) is 12.2. The highest BCUT2D eigenvalue weighted by Crippen LogP contribution is 2.28. The van der Waals surface area contributed by atoms with Crippen LogP contribution in [-0.4, -0.2) is 32.0 Å². The third-order valence-electron chi connectivity index (χ3n) is 4.14. The molecule has 1 fully saturated rings. The maximum Gasteiger partial charge on any atom is 0.247 e. The molecule has 2 N–H and O–H groups in total. The molecule has 26 heavy (non-hydrogen) atoms. The molecule has 7 nitrogen and oxygen atoms in total. The van der Waals surface area contributed by atoms with Crippen molar-refractivity contribution < 1.29 is 4.79 Å². The summed E-state index contributed by atoms with van der Waals surface area (Å²) in [6.45, 7) is 4.39. The Hall–Kier alpha value is -3.22. The highest BCUT2D eigenvalue weighted by Gasteiger charge is 2.20. The third kappa shape index (κ3) is 3.72. The van der Waals surface area contributed by atoms with Gasteiger partial charge in [0.1, 0.15) is 12.1 Å². The number of rotatable bonds is 6. The molecule has 1 aliphatic carbocycles. The molecule has 0 unspecified atom stereocenters. The summed E-state index contributed by atoms with van der Waals surface area (Å²) in [7, 11) is 0. The number of anilines is 2. The fraction of sp³-hybridized carbons (Fsp3) is 0.263. The van der Waals surface area contributed by atoms with Crippen LogP contribution in [0.25, 0.3) is 16.9 Å². The lowest BCUT2D eigenvalue weighted by atomic mass is 10.2. The lowest BCUT2D eigenvalue weighted by Crippen LogP contribution is -2.08. The van der Waals surface area contributed by atoms with E-state index in [9.17, 15) is 4.79 Å². The average Bonchev–Trinajstić information content (AvgIpc) is 3.38. The number of amides is 1. The first-order valence-corrected chi connectivity index (χ1v) is 8.20. The lowest BCUT2D eigenvalue weighted by molar-refractivity contribution is -0.111. The first kappa shape index (κ1) is 17.6. The Morgan fingerprint density at radius 1 is 1.35 bits per heavy atom. The van der Waals surface area contributed by atoms with Gasteiger partial charge < -0.3 is 10.6 Å². The Bertz CT molecular complexity index is 944. The normalized spacial score (nSPS) is 13.1. The molecule has 0 atom stereocenters. The van der Waals surface area contributed by atoms with Gasteiger partial charge in [0.15, 0.2) is 5.82 Å². The summed E-state index contributed by atoms with van der Waals surface area (Å²) in [6.07, 6.45) is 8.93. The van der Waals surface area contributed by atoms with Crippen molar-refractivity contribution in [2.24, 2.45) is 5.92 Å². The number of carbonyl (C=O) groups excluding carboxylic acids is 1. The zero-order chi connectivity index (χ0) is 17.2. The molecule has 7 heteroatoms. The molecule has 2 heterocycles. The van der Waals surface area contributed by atoms with Crippen molar-refractivity contribution in [2.75, 3.05) is 17.2 Å². The third-order valence-corrected chi connectivity index (χ3v) is 4.14. The second-order valence-electron chi connectivity index (χ2n) is 6.10. The number of fused-ring (bicyclic) bond motifs is 1. The molecule has 1 saturated carbocycles. The molecule has 134 valence electrons. The molecular weight excluding hydrogens is 328 g/mol. The molecule has 0 spiro atoms. The predicted octanol–water partition coefficient (Wildman–Crippen LogP) is 3.40. The van der Waals surface area contributed by atoms with E-state index in [2.05, 4.69) is 32.2 Å². The van der Waals surface area contributed by atoms with E-state index in [1.165, 1.54) is 18.9 Å². The molecule has 2 aromatic heterocycles. The summed E-state index contributed by atoms with van der Waals surface area (Å²) in [5.41, 5.74) is 2.33. The Morgan fingerprint density at radius 2 is 2.19 bits per heavy atom. The number of imidazole rings is 1. The van der Waals surface area contributed by atoms with Gasteiger partial charge in [-0.1, -0.05) is 14.0 Å². The van der Waals surface area contributed by atoms with Crippen molar-refractivity contribution in [1.29, 1.82) is 0 Å². The SMILES string of the molecule is C.C=CC(=O)Nc1ccc2ncn(-c3cncc(NCC4CC4)n3)c2c1. The molecule has 0 saturated heterocycles. The van der Waals surface area contributed by atoms with Crippen LogP contribution in [-0.2, 0) is 4.79 Å². The minimum absolute atomic E-state index is 0. The van der Waals surface area contributed by atoms with Crippen LogP contribution < -0.4 is 10.6 Å². The summed E-state index contributed by atoms with van der Waals surface area (Å²) < 4.78 is 1.86. The molecule has 0 aliphatic heterocycles. The van der Waals surface area contributed by atoms with Crippen molar-refractivity contribution in [3.05, 3.63) is 49.6 Å². The largest absolute Gasteiger partial charge is 0.368 e. The molecule has 4 rings (SSSR count). The van der Waals surface area contributed by atoms with Crippen LogP contribution in [0, 0.1) is 5.92 Å². The Balaban J connectivity index is 0.00000196. The monoisotopic (exact) mass is 350 g/mol. The van der Waals surface area contributed by atoms with Gasteiger partial charge in [-0.05, 0) is 43.0 Å². The molecule has 1 aromatic carbocycles. The number of benzene rings is 1. The van der Waals surface area contributed by atoms with Crippen LogP contribution in [0.15, 0.2) is 49.6 Å². The standard InChI is InChI=1S/C18H18N6O.CH4/c1-2-18(25)22-13-5-6-14-15(7-13)24(11-21-14)17-10-19-9-16(23-17)20-8-12-3-4-12;/h2,5-7,9-12H,1,3-4,8H2,(H,20,23)(H,22,25);1H4. The van der Waals surface area contributed by atoms with Gasteiger partial charge in [0, 0.05) is 12.2 Å². The number of nitrogens with zero attached hydrogens (tertiary/aromatic N) is 4. The molecule has 0 bridgehead atoms. The summed E-state index contributed by atoms with van der Waals surface area (Å²) in [4.78, 5) is 24.8. The molecule has 1 aliphatic rings. The van der Waals surface area contributed by atoms with Crippen LogP contribution >= 0.6 is 0 Å². The number of nitrogens with one attached hydrogen (secondary N) is 2. The van der Waals surface area contributed by atoms with Crippen LogP contribution in [0.2, 0.25) is 0 Å². The maximum atomic E-state index is 11.5. The van der Waals surface area contributed by atoms with Gasteiger partial charge in [-0.3, -0.25) is 14.3 Å². The van der Waals surface area contributed by atoms with Crippen LogP contribution in [0.3, 0.4) is 0 Å². The zero-order valence-corrected chi connectivity index (χ0v) is 13.6. The van der Waals surface area contributed by atoms with Crippen molar-refractivity contribution >= 4 is 28.4 Å². The Labute approximate surface area is 152 Å². The number of hydrogen-bond donors (Lipinski definition) is 2. The highest BCUT2D eigenvalue weighted by atomic mass is 16.1. The molecule has 0 radical (unpaired) electrons. The van der Waals surface area contributed by atoms with Gasteiger partial charge >= 0.3 is 0 Å². The Kier molecular flexibility index (Phi) is 4.97. The van der Waals surface area contributed by atoms with E-state index >= 15 is 0 Å². The van der Waals surface area contributed by atoms with E-state index < -0.39 is 0 Å². The topological polar surface area (TPSA) is 84.7 Å². The fourth-order valence-corrected chi connectivity index (χ4v) is 2.59. The van der Waals surface area contributed by atoms with E-state index in [1.54, 1.807) is 24.8 Å². The van der Waals surface area contributed by atoms with Gasteiger partial charge in [-0.2, -0.15) is 0 Å². The van der Waals surface area contributed by atoms with Gasteiger partial charge in [0.2, 0.25) is 5.91 Å². The predicted molar refractivity (Wildman–Crippen MR) is 103 cm³/mol. The summed E-state index contributed by atoms with van der Waals surface area (Å²) in [5.74, 6) is 1.94. The second-order valence-corrected chi connectivity index (χ2v) is 6.10. The van der Waals surface area contributed by atoms with E-state index in [4.69, 9.17) is 0 Å². The minimum atomic E-state index is -0.253. The second kappa shape index (κ2) is 7.35. The van der Waals surface area contributed by atoms with E-state index in [0.717, 1.165) is 29.3 Å². The van der Waals surface area contributed by atoms with Crippen molar-refractivity contribution in [1.82, 2.24) is 19.5 Å². The van der Waals surface area contributed by atoms with E-state index in [-0.39, 0.29) is 13.3 Å². The first-order valence-electron chi connectivity index (χ1n) is 8.20. The van der Waals surface area contributed by atoms with Crippen molar-refractivity contribution in [3.8, 4) is 5.82 Å². The van der Waals surface area contributed by atoms with Gasteiger partial charge in [-0.25, -0.2) is 9.97 Å². The average molecular weight is 350 g/mol. The summed E-state index contributed by atoms with van der Waals surface area (Å²) in [6, 6.07) is 5.52. The van der Waals surface area contributed by atoms with Crippen LogP contribution in [0.5, 0.6) is 0 Å². The smallest absolute Gasteiger partial charge is 0.247 e. The number of aromatic nitrogens is 4. The lowest BCUT2D eigenvalue weighted by Gasteiger charge is -2.08. The minimum Gasteiger partial charge on any atom is -0.368 e. The number of hydrogen-bond acceptors (Lipinski definition) is 5.